The fourth-order valence-electron chi connectivity index (χ4n) is 8.26. The Morgan fingerprint density at radius 2 is 1.04 bits per heavy atom. The highest BCUT2D eigenvalue weighted by Gasteiger charge is 2.24. The second-order valence-corrected chi connectivity index (χ2v) is 14.2. The van der Waals surface area contributed by atoms with E-state index < -0.39 is 0 Å². The van der Waals surface area contributed by atoms with Crippen LogP contribution in [-0.4, -0.2) is 34.1 Å². The van der Waals surface area contributed by atoms with Gasteiger partial charge in [-0.15, -0.1) is 0 Å². The largest absolute Gasteiger partial charge is 0.313 e. The number of rotatable bonds is 6. The standard InChI is InChI=1S/C49H33N7/c1-4-14-32(15-5-1)34-24-35(33-16-6-2-7-17-33)26-36(25-34)47-52-48(37-29-50-31-51-30-37)54-49(53-47)56-44-23-13-11-21-40(44)42-27-45-41(28-46(42)56)39-20-10-12-22-43(39)55(45)38-18-8-3-9-19-38/h1-11,13-21,23-31H,12,22H2. The molecule has 0 fully saturated rings. The average Bonchev–Trinajstić information content (AvgIpc) is 3.78. The zero-order valence-corrected chi connectivity index (χ0v) is 30.3. The van der Waals surface area contributed by atoms with Crippen LogP contribution in [0.4, 0.5) is 0 Å². The van der Waals surface area contributed by atoms with Gasteiger partial charge in [-0.25, -0.2) is 15.0 Å². The molecular formula is C49H33N7. The number of nitrogens with zero attached hydrogens (tertiary/aromatic N) is 7. The molecule has 6 aromatic carbocycles. The van der Waals surface area contributed by atoms with E-state index in [4.69, 9.17) is 15.0 Å². The Kier molecular flexibility index (Phi) is 7.48. The maximum atomic E-state index is 5.34. The number of aromatic nitrogens is 7. The molecule has 4 heterocycles. The van der Waals surface area contributed by atoms with Gasteiger partial charge in [0, 0.05) is 51.1 Å². The highest BCUT2D eigenvalue weighted by Crippen LogP contribution is 2.41. The third kappa shape index (κ3) is 5.32. The molecule has 10 aromatic rings. The molecular weight excluding hydrogens is 687 g/mol. The molecule has 7 nitrogen and oxygen atoms in total. The van der Waals surface area contributed by atoms with Crippen molar-refractivity contribution in [2.24, 2.45) is 0 Å². The van der Waals surface area contributed by atoms with E-state index in [9.17, 15) is 0 Å². The van der Waals surface area contributed by atoms with Crippen molar-refractivity contribution in [3.8, 4) is 56.7 Å². The summed E-state index contributed by atoms with van der Waals surface area (Å²) in [4.78, 5) is 24.3. The van der Waals surface area contributed by atoms with Gasteiger partial charge in [-0.2, -0.15) is 9.97 Å². The molecule has 0 saturated heterocycles. The van der Waals surface area contributed by atoms with Crippen molar-refractivity contribution >= 4 is 38.8 Å². The number of benzene rings is 6. The first-order valence-electron chi connectivity index (χ1n) is 18.9. The second kappa shape index (κ2) is 13.1. The van der Waals surface area contributed by atoms with Crippen LogP contribution in [0.15, 0.2) is 170 Å². The molecule has 0 unspecified atom stereocenters. The third-order valence-electron chi connectivity index (χ3n) is 10.8. The Labute approximate surface area is 323 Å². The predicted octanol–water partition coefficient (Wildman–Crippen LogP) is 11.3. The molecule has 0 amide bonds. The molecule has 1 aliphatic rings. The smallest absolute Gasteiger partial charge is 0.238 e. The maximum absolute atomic E-state index is 5.34. The van der Waals surface area contributed by atoms with Crippen molar-refractivity contribution in [1.82, 2.24) is 34.1 Å². The van der Waals surface area contributed by atoms with Crippen LogP contribution in [0.2, 0.25) is 0 Å². The Bertz CT molecular complexity index is 3050. The third-order valence-corrected chi connectivity index (χ3v) is 10.8. The summed E-state index contributed by atoms with van der Waals surface area (Å²) >= 11 is 0. The molecule has 0 atom stereocenters. The highest BCUT2D eigenvalue weighted by molar-refractivity contribution is 6.14. The minimum Gasteiger partial charge on any atom is -0.313 e. The summed E-state index contributed by atoms with van der Waals surface area (Å²) in [5.41, 5.74) is 13.0. The van der Waals surface area contributed by atoms with Crippen LogP contribution in [0.25, 0.3) is 95.5 Å². The Hall–Kier alpha value is -7.51. The lowest BCUT2D eigenvalue weighted by Crippen LogP contribution is -2.07. The summed E-state index contributed by atoms with van der Waals surface area (Å²) < 4.78 is 4.64. The molecule has 11 rings (SSSR count). The SMILES string of the molecule is C1=Cc2c(n(-c3ccccc3)c3cc4c5ccccc5n(-c5nc(-c6cncnc6)nc(-c6cc(-c7ccccc7)cc(-c7ccccc7)c6)n5)c4cc23)CC1. The van der Waals surface area contributed by atoms with Gasteiger partial charge in [-0.3, -0.25) is 4.57 Å². The van der Waals surface area contributed by atoms with Gasteiger partial charge in [0.1, 0.15) is 6.33 Å². The fourth-order valence-corrected chi connectivity index (χ4v) is 8.26. The average molecular weight is 720 g/mol. The van der Waals surface area contributed by atoms with Gasteiger partial charge >= 0.3 is 0 Å². The lowest BCUT2D eigenvalue weighted by molar-refractivity contribution is 0.889. The normalized spacial score (nSPS) is 12.4. The van der Waals surface area contributed by atoms with Crippen LogP contribution >= 0.6 is 0 Å². The molecule has 0 aliphatic heterocycles. The van der Waals surface area contributed by atoms with Crippen molar-refractivity contribution in [2.45, 2.75) is 12.8 Å². The molecule has 0 radical (unpaired) electrons. The van der Waals surface area contributed by atoms with Crippen LogP contribution in [0.5, 0.6) is 0 Å². The van der Waals surface area contributed by atoms with Crippen LogP contribution < -0.4 is 0 Å². The minimum atomic E-state index is 0.500. The van der Waals surface area contributed by atoms with E-state index in [-0.39, 0.29) is 0 Å². The van der Waals surface area contributed by atoms with Gasteiger partial charge in [-0.05, 0) is 83.6 Å². The van der Waals surface area contributed by atoms with Gasteiger partial charge in [0.25, 0.3) is 0 Å². The van der Waals surface area contributed by atoms with E-state index in [0.29, 0.717) is 23.2 Å². The van der Waals surface area contributed by atoms with Gasteiger partial charge in [0.15, 0.2) is 11.6 Å². The first-order chi connectivity index (χ1) is 27.8. The van der Waals surface area contributed by atoms with E-state index in [0.717, 1.165) is 62.5 Å². The zero-order chi connectivity index (χ0) is 37.0. The summed E-state index contributed by atoms with van der Waals surface area (Å²) in [7, 11) is 0. The number of hydrogen-bond donors (Lipinski definition) is 0. The maximum Gasteiger partial charge on any atom is 0.238 e. The van der Waals surface area contributed by atoms with Crippen LogP contribution in [-0.2, 0) is 6.42 Å². The van der Waals surface area contributed by atoms with E-state index in [1.54, 1.807) is 12.4 Å². The Balaban J connectivity index is 1.20. The topological polar surface area (TPSA) is 74.3 Å². The highest BCUT2D eigenvalue weighted by atomic mass is 15.2. The molecule has 56 heavy (non-hydrogen) atoms. The lowest BCUT2D eigenvalue weighted by atomic mass is 9.96. The quantitative estimate of drug-likeness (QED) is 0.171. The molecule has 4 aromatic heterocycles. The van der Waals surface area contributed by atoms with Crippen molar-refractivity contribution in [2.75, 3.05) is 0 Å². The van der Waals surface area contributed by atoms with Gasteiger partial charge in [0.2, 0.25) is 5.95 Å². The molecule has 0 bridgehead atoms. The van der Waals surface area contributed by atoms with Crippen molar-refractivity contribution in [3.63, 3.8) is 0 Å². The first-order valence-corrected chi connectivity index (χ1v) is 18.9. The summed E-state index contributed by atoms with van der Waals surface area (Å²) in [5.74, 6) is 1.59. The Morgan fingerprint density at radius 1 is 0.446 bits per heavy atom. The second-order valence-electron chi connectivity index (χ2n) is 14.2. The number of allylic oxidation sites excluding steroid dienone is 1. The van der Waals surface area contributed by atoms with Gasteiger partial charge in [-0.1, -0.05) is 109 Å². The van der Waals surface area contributed by atoms with Gasteiger partial charge in [0.05, 0.1) is 22.1 Å². The molecule has 0 N–H and O–H groups in total. The number of fused-ring (bicyclic) bond motifs is 6. The molecule has 0 saturated carbocycles. The van der Waals surface area contributed by atoms with Crippen molar-refractivity contribution < 1.29 is 0 Å². The number of para-hydroxylation sites is 2. The van der Waals surface area contributed by atoms with E-state index in [1.165, 1.54) is 34.2 Å². The van der Waals surface area contributed by atoms with E-state index in [1.807, 2.05) is 12.1 Å². The summed E-state index contributed by atoms with van der Waals surface area (Å²) in [5, 5.41) is 3.46. The summed E-state index contributed by atoms with van der Waals surface area (Å²) in [6.07, 6.45) is 11.6. The van der Waals surface area contributed by atoms with Gasteiger partial charge < -0.3 is 4.57 Å². The van der Waals surface area contributed by atoms with Crippen molar-refractivity contribution in [1.29, 1.82) is 0 Å². The van der Waals surface area contributed by atoms with Crippen LogP contribution in [0.1, 0.15) is 17.7 Å². The number of hydrogen-bond acceptors (Lipinski definition) is 5. The summed E-state index contributed by atoms with van der Waals surface area (Å²) in [6.45, 7) is 0. The molecule has 7 heteroatoms. The summed E-state index contributed by atoms with van der Waals surface area (Å²) in [6, 6.07) is 51.4. The monoisotopic (exact) mass is 719 g/mol. The molecule has 0 spiro atoms. The molecule has 1 aliphatic carbocycles. The van der Waals surface area contributed by atoms with Crippen LogP contribution in [0, 0.1) is 0 Å². The molecule has 264 valence electrons. The van der Waals surface area contributed by atoms with E-state index in [2.05, 4.69) is 165 Å². The minimum absolute atomic E-state index is 0.500. The van der Waals surface area contributed by atoms with E-state index >= 15 is 0 Å². The fraction of sp³-hybridized carbons (Fsp3) is 0.0408. The van der Waals surface area contributed by atoms with Crippen LogP contribution in [0.3, 0.4) is 0 Å². The van der Waals surface area contributed by atoms with Crippen molar-refractivity contribution in [3.05, 3.63) is 182 Å². The predicted molar refractivity (Wildman–Crippen MR) is 226 cm³/mol. The Morgan fingerprint density at radius 3 is 1.75 bits per heavy atom. The zero-order valence-electron chi connectivity index (χ0n) is 30.3. The first kappa shape index (κ1) is 32.0. The lowest BCUT2D eigenvalue weighted by Gasteiger charge is -2.13.